The molecular weight excluding hydrogens is 252 g/mol. The molecule has 1 N–H and O–H groups in total. The molecule has 0 spiro atoms. The lowest BCUT2D eigenvalue weighted by atomic mass is 9.92. The Kier molecular flexibility index (Phi) is 3.69. The minimum absolute atomic E-state index is 0.281. The number of methoxy groups -OCH3 is 1. The summed E-state index contributed by atoms with van der Waals surface area (Å²) in [6, 6.07) is 6.63. The van der Waals surface area contributed by atoms with Crippen molar-refractivity contribution in [1.82, 2.24) is 20.1 Å². The second kappa shape index (κ2) is 5.63. The number of fused-ring (bicyclic) bond motifs is 1. The number of aryl methyl sites for hydroxylation is 1. The van der Waals surface area contributed by atoms with Gasteiger partial charge in [0.1, 0.15) is 17.9 Å². The van der Waals surface area contributed by atoms with Gasteiger partial charge in [0.15, 0.2) is 0 Å². The van der Waals surface area contributed by atoms with E-state index in [1.54, 1.807) is 13.4 Å². The van der Waals surface area contributed by atoms with Crippen molar-refractivity contribution in [2.45, 2.75) is 32.4 Å². The molecule has 0 saturated carbocycles. The maximum Gasteiger partial charge on any atom is 0.138 e. The molecule has 0 fully saturated rings. The number of nitrogens with zero attached hydrogens (tertiary/aromatic N) is 3. The average Bonchev–Trinajstić information content (AvgIpc) is 2.94. The van der Waals surface area contributed by atoms with Gasteiger partial charge < -0.3 is 10.1 Å². The largest absolute Gasteiger partial charge is 0.497 e. The highest BCUT2D eigenvalue weighted by Gasteiger charge is 2.22. The van der Waals surface area contributed by atoms with Gasteiger partial charge in [-0.2, -0.15) is 5.10 Å². The summed E-state index contributed by atoms with van der Waals surface area (Å²) in [5.41, 5.74) is 2.72. The van der Waals surface area contributed by atoms with Crippen molar-refractivity contribution in [2.24, 2.45) is 0 Å². The van der Waals surface area contributed by atoms with E-state index in [9.17, 15) is 0 Å². The number of hydrogen-bond donors (Lipinski definition) is 1. The summed E-state index contributed by atoms with van der Waals surface area (Å²) in [7, 11) is 1.71. The summed E-state index contributed by atoms with van der Waals surface area (Å²) < 4.78 is 7.30. The van der Waals surface area contributed by atoms with Crippen LogP contribution in [0.4, 0.5) is 0 Å². The SMILES string of the molecule is CCn1ncnc1CC1NCCc2ccc(OC)cc21. The van der Waals surface area contributed by atoms with Crippen LogP contribution >= 0.6 is 0 Å². The Morgan fingerprint density at radius 1 is 1.45 bits per heavy atom. The van der Waals surface area contributed by atoms with Gasteiger partial charge in [0.2, 0.25) is 0 Å². The van der Waals surface area contributed by atoms with Crippen LogP contribution in [0.3, 0.4) is 0 Å². The summed E-state index contributed by atoms with van der Waals surface area (Å²) in [5.74, 6) is 1.94. The Morgan fingerprint density at radius 2 is 2.35 bits per heavy atom. The molecule has 5 nitrogen and oxygen atoms in total. The zero-order valence-electron chi connectivity index (χ0n) is 12.0. The first-order chi connectivity index (χ1) is 9.81. The van der Waals surface area contributed by atoms with E-state index in [2.05, 4.69) is 34.5 Å². The molecule has 1 aromatic carbocycles. The minimum atomic E-state index is 0.281. The van der Waals surface area contributed by atoms with Crippen molar-refractivity contribution < 1.29 is 4.74 Å². The van der Waals surface area contributed by atoms with E-state index in [1.165, 1.54) is 11.1 Å². The monoisotopic (exact) mass is 272 g/mol. The molecule has 2 aromatic rings. The Labute approximate surface area is 119 Å². The third kappa shape index (κ3) is 2.41. The number of ether oxygens (including phenoxy) is 1. The summed E-state index contributed by atoms with van der Waals surface area (Å²) in [5, 5.41) is 7.82. The van der Waals surface area contributed by atoms with Crippen molar-refractivity contribution in [3.05, 3.63) is 41.5 Å². The molecule has 0 aliphatic carbocycles. The first kappa shape index (κ1) is 13.1. The van der Waals surface area contributed by atoms with Crippen LogP contribution in [0.25, 0.3) is 0 Å². The molecule has 3 rings (SSSR count). The van der Waals surface area contributed by atoms with E-state index < -0.39 is 0 Å². The second-order valence-corrected chi connectivity index (χ2v) is 5.02. The summed E-state index contributed by atoms with van der Waals surface area (Å²) >= 11 is 0. The van der Waals surface area contributed by atoms with Gasteiger partial charge in [-0.05, 0) is 43.1 Å². The van der Waals surface area contributed by atoms with E-state index >= 15 is 0 Å². The molecule has 1 aliphatic heterocycles. The van der Waals surface area contributed by atoms with Gasteiger partial charge in [-0.1, -0.05) is 6.07 Å². The van der Waals surface area contributed by atoms with Gasteiger partial charge in [-0.3, -0.25) is 4.68 Å². The molecular formula is C15H20N4O. The summed E-state index contributed by atoms with van der Waals surface area (Å²) in [6.45, 7) is 3.95. The second-order valence-electron chi connectivity index (χ2n) is 5.02. The number of rotatable bonds is 4. The van der Waals surface area contributed by atoms with Crippen LogP contribution in [0.5, 0.6) is 5.75 Å². The Bertz CT molecular complexity index is 593. The molecule has 0 amide bonds. The van der Waals surface area contributed by atoms with Gasteiger partial charge in [0, 0.05) is 19.0 Å². The highest BCUT2D eigenvalue weighted by atomic mass is 16.5. The van der Waals surface area contributed by atoms with E-state index in [1.807, 2.05) is 10.7 Å². The van der Waals surface area contributed by atoms with Gasteiger partial charge in [-0.25, -0.2) is 4.98 Å². The molecule has 2 heterocycles. The summed E-state index contributed by atoms with van der Waals surface area (Å²) in [6.07, 6.45) is 3.55. The molecule has 0 bridgehead atoms. The van der Waals surface area contributed by atoms with Crippen molar-refractivity contribution in [3.63, 3.8) is 0 Å². The van der Waals surface area contributed by atoms with Gasteiger partial charge in [0.25, 0.3) is 0 Å². The van der Waals surface area contributed by atoms with Gasteiger partial charge in [-0.15, -0.1) is 0 Å². The molecule has 1 aromatic heterocycles. The van der Waals surface area contributed by atoms with Crippen molar-refractivity contribution in [3.8, 4) is 5.75 Å². The number of nitrogens with one attached hydrogen (secondary N) is 1. The first-order valence-corrected chi connectivity index (χ1v) is 7.08. The van der Waals surface area contributed by atoms with Crippen LogP contribution in [0.15, 0.2) is 24.5 Å². The van der Waals surface area contributed by atoms with Crippen LogP contribution in [0, 0.1) is 0 Å². The fourth-order valence-electron chi connectivity index (χ4n) is 2.82. The van der Waals surface area contributed by atoms with Crippen molar-refractivity contribution >= 4 is 0 Å². The Balaban J connectivity index is 1.89. The van der Waals surface area contributed by atoms with Crippen LogP contribution < -0.4 is 10.1 Å². The molecule has 1 unspecified atom stereocenters. The van der Waals surface area contributed by atoms with Crippen LogP contribution in [-0.2, 0) is 19.4 Å². The zero-order valence-corrected chi connectivity index (χ0v) is 12.0. The molecule has 1 atom stereocenters. The fourth-order valence-corrected chi connectivity index (χ4v) is 2.82. The zero-order chi connectivity index (χ0) is 13.9. The highest BCUT2D eigenvalue weighted by molar-refractivity contribution is 5.39. The van der Waals surface area contributed by atoms with Crippen molar-refractivity contribution in [1.29, 1.82) is 0 Å². The molecule has 0 saturated heterocycles. The quantitative estimate of drug-likeness (QED) is 0.921. The predicted molar refractivity (Wildman–Crippen MR) is 76.8 cm³/mol. The Hall–Kier alpha value is -1.88. The molecule has 0 radical (unpaired) electrons. The third-order valence-electron chi connectivity index (χ3n) is 3.90. The average molecular weight is 272 g/mol. The van der Waals surface area contributed by atoms with E-state index in [-0.39, 0.29) is 6.04 Å². The lowest BCUT2D eigenvalue weighted by Gasteiger charge is -2.27. The number of hydrogen-bond acceptors (Lipinski definition) is 4. The van der Waals surface area contributed by atoms with Crippen molar-refractivity contribution in [2.75, 3.05) is 13.7 Å². The van der Waals surface area contributed by atoms with Crippen LogP contribution in [0.2, 0.25) is 0 Å². The first-order valence-electron chi connectivity index (χ1n) is 7.08. The van der Waals surface area contributed by atoms with E-state index in [4.69, 9.17) is 4.74 Å². The Morgan fingerprint density at radius 3 is 3.15 bits per heavy atom. The molecule has 20 heavy (non-hydrogen) atoms. The van der Waals surface area contributed by atoms with Crippen LogP contribution in [0.1, 0.15) is 29.9 Å². The number of aromatic nitrogens is 3. The lowest BCUT2D eigenvalue weighted by Crippen LogP contribution is -2.32. The smallest absolute Gasteiger partial charge is 0.138 e. The van der Waals surface area contributed by atoms with E-state index in [0.29, 0.717) is 0 Å². The lowest BCUT2D eigenvalue weighted by molar-refractivity contribution is 0.410. The molecule has 5 heteroatoms. The predicted octanol–water partition coefficient (Wildman–Crippen LogP) is 1.74. The molecule has 106 valence electrons. The highest BCUT2D eigenvalue weighted by Crippen LogP contribution is 2.28. The maximum absolute atomic E-state index is 5.35. The van der Waals surface area contributed by atoms with Gasteiger partial charge >= 0.3 is 0 Å². The number of benzene rings is 1. The maximum atomic E-state index is 5.35. The van der Waals surface area contributed by atoms with E-state index in [0.717, 1.165) is 37.5 Å². The van der Waals surface area contributed by atoms with Crippen LogP contribution in [-0.4, -0.2) is 28.4 Å². The standard InChI is InChI=1S/C15H20N4O/c1-3-19-15(17-10-18-19)9-14-13-8-12(20-2)5-4-11(13)6-7-16-14/h4-5,8,10,14,16H,3,6-7,9H2,1-2H3. The third-order valence-corrected chi connectivity index (χ3v) is 3.90. The summed E-state index contributed by atoms with van der Waals surface area (Å²) in [4.78, 5) is 4.38. The molecule has 1 aliphatic rings. The normalized spacial score (nSPS) is 17.8. The topological polar surface area (TPSA) is 52.0 Å². The van der Waals surface area contributed by atoms with Gasteiger partial charge in [0.05, 0.1) is 7.11 Å². The fraction of sp³-hybridized carbons (Fsp3) is 0.467. The minimum Gasteiger partial charge on any atom is -0.497 e.